The van der Waals surface area contributed by atoms with E-state index < -0.39 is 0 Å². The van der Waals surface area contributed by atoms with Gasteiger partial charge in [-0.15, -0.1) is 0 Å². The lowest BCUT2D eigenvalue weighted by Gasteiger charge is -2.12. The minimum atomic E-state index is -0.324. The van der Waals surface area contributed by atoms with Crippen LogP contribution in [-0.4, -0.2) is 35.0 Å². The lowest BCUT2D eigenvalue weighted by atomic mass is 10.1. The number of nitrogens with one attached hydrogen (secondary N) is 1. The summed E-state index contributed by atoms with van der Waals surface area (Å²) in [5.41, 5.74) is 1.75. The van der Waals surface area contributed by atoms with E-state index in [4.69, 9.17) is 21.1 Å². The highest BCUT2D eigenvalue weighted by atomic mass is 35.5. The number of nitrogens with zero attached hydrogens (tertiary/aromatic N) is 2. The standard InChI is InChI=1S/C24H24ClN3O4/c1-4-13-32-23-19(25)14-16(15-20(23)31-3)5-10-21(29)27-18-8-6-17(7-9-18)22(30)24-26-11-12-28(24)2/h5-12,14-15H,4,13H2,1-3H3,(H,27,29)/b10-5+. The zero-order valence-electron chi connectivity index (χ0n) is 18.1. The van der Waals surface area contributed by atoms with Gasteiger partial charge in [-0.3, -0.25) is 9.59 Å². The number of aromatic nitrogens is 2. The first-order valence-corrected chi connectivity index (χ1v) is 10.4. The van der Waals surface area contributed by atoms with E-state index in [1.165, 1.54) is 13.2 Å². The number of aryl methyl sites for hydroxylation is 1. The fourth-order valence-corrected chi connectivity index (χ4v) is 3.23. The Morgan fingerprint density at radius 3 is 2.59 bits per heavy atom. The second-order valence-corrected chi connectivity index (χ2v) is 7.38. The Morgan fingerprint density at radius 2 is 1.97 bits per heavy atom. The molecule has 3 rings (SSSR count). The zero-order valence-corrected chi connectivity index (χ0v) is 18.8. The number of halogens is 1. The molecule has 0 spiro atoms. The molecule has 0 atom stereocenters. The van der Waals surface area contributed by atoms with E-state index in [0.717, 1.165) is 6.42 Å². The first-order valence-electron chi connectivity index (χ1n) is 10.0. The summed E-state index contributed by atoms with van der Waals surface area (Å²) in [6, 6.07) is 10.1. The van der Waals surface area contributed by atoms with Crippen molar-refractivity contribution in [2.24, 2.45) is 7.05 Å². The number of ketones is 1. The second kappa shape index (κ2) is 10.6. The molecule has 0 bridgehead atoms. The Hall–Kier alpha value is -3.58. The lowest BCUT2D eigenvalue weighted by Crippen LogP contribution is -2.10. The highest BCUT2D eigenvalue weighted by Crippen LogP contribution is 2.36. The number of carbonyl (C=O) groups is 2. The molecule has 0 fully saturated rings. The normalized spacial score (nSPS) is 10.9. The van der Waals surface area contributed by atoms with Gasteiger partial charge in [0.2, 0.25) is 11.7 Å². The molecule has 0 saturated heterocycles. The first-order chi connectivity index (χ1) is 15.4. The molecule has 2 aromatic carbocycles. The summed E-state index contributed by atoms with van der Waals surface area (Å²) in [7, 11) is 3.29. The van der Waals surface area contributed by atoms with E-state index >= 15 is 0 Å². The van der Waals surface area contributed by atoms with Crippen LogP contribution in [0.1, 0.15) is 35.1 Å². The minimum Gasteiger partial charge on any atom is -0.493 e. The van der Waals surface area contributed by atoms with E-state index in [1.54, 1.807) is 66.5 Å². The van der Waals surface area contributed by atoms with Crippen LogP contribution in [0.2, 0.25) is 5.02 Å². The molecule has 1 heterocycles. The van der Waals surface area contributed by atoms with E-state index in [9.17, 15) is 9.59 Å². The summed E-state index contributed by atoms with van der Waals surface area (Å²) in [5.74, 6) is 0.823. The summed E-state index contributed by atoms with van der Waals surface area (Å²) >= 11 is 6.31. The molecule has 0 aliphatic rings. The minimum absolute atomic E-state index is 0.188. The van der Waals surface area contributed by atoms with Gasteiger partial charge in [-0.05, 0) is 54.5 Å². The number of rotatable bonds is 9. The molecule has 32 heavy (non-hydrogen) atoms. The van der Waals surface area contributed by atoms with Gasteiger partial charge in [-0.1, -0.05) is 18.5 Å². The molecule has 1 N–H and O–H groups in total. The van der Waals surface area contributed by atoms with Crippen LogP contribution in [0, 0.1) is 0 Å². The zero-order chi connectivity index (χ0) is 23.1. The van der Waals surface area contributed by atoms with Crippen LogP contribution in [0.5, 0.6) is 11.5 Å². The average Bonchev–Trinajstić information content (AvgIpc) is 3.22. The number of methoxy groups -OCH3 is 1. The molecule has 8 heteroatoms. The fourth-order valence-electron chi connectivity index (χ4n) is 2.95. The molecule has 7 nitrogen and oxygen atoms in total. The van der Waals surface area contributed by atoms with Crippen molar-refractivity contribution in [1.82, 2.24) is 9.55 Å². The Labute approximate surface area is 191 Å². The van der Waals surface area contributed by atoms with Crippen LogP contribution in [0.3, 0.4) is 0 Å². The SMILES string of the molecule is CCCOc1c(Cl)cc(/C=C/C(=O)Nc2ccc(C(=O)c3nccn3C)cc2)cc1OC. The average molecular weight is 454 g/mol. The summed E-state index contributed by atoms with van der Waals surface area (Å²) in [6.07, 6.45) is 7.15. The van der Waals surface area contributed by atoms with E-state index in [-0.39, 0.29) is 11.7 Å². The van der Waals surface area contributed by atoms with Gasteiger partial charge in [0.15, 0.2) is 17.3 Å². The van der Waals surface area contributed by atoms with Crippen LogP contribution < -0.4 is 14.8 Å². The third-order valence-electron chi connectivity index (χ3n) is 4.57. The number of hydrogen-bond acceptors (Lipinski definition) is 5. The molecule has 1 amide bonds. The van der Waals surface area contributed by atoms with Crippen molar-refractivity contribution in [3.05, 3.63) is 76.8 Å². The Balaban J connectivity index is 1.66. The third-order valence-corrected chi connectivity index (χ3v) is 4.85. The molecule has 0 unspecified atom stereocenters. The highest BCUT2D eigenvalue weighted by Gasteiger charge is 2.14. The Bertz CT molecular complexity index is 1140. The van der Waals surface area contributed by atoms with Crippen LogP contribution in [0.4, 0.5) is 5.69 Å². The largest absolute Gasteiger partial charge is 0.493 e. The van der Waals surface area contributed by atoms with Crippen molar-refractivity contribution in [3.63, 3.8) is 0 Å². The molecule has 3 aromatic rings. The molecule has 0 aliphatic carbocycles. The van der Waals surface area contributed by atoms with Gasteiger partial charge >= 0.3 is 0 Å². The topological polar surface area (TPSA) is 82.5 Å². The number of anilines is 1. The van der Waals surface area contributed by atoms with E-state index in [2.05, 4.69) is 10.3 Å². The number of hydrogen-bond donors (Lipinski definition) is 1. The maximum Gasteiger partial charge on any atom is 0.248 e. The maximum absolute atomic E-state index is 12.5. The number of imidazole rings is 1. The Morgan fingerprint density at radius 1 is 1.22 bits per heavy atom. The predicted octanol–water partition coefficient (Wildman–Crippen LogP) is 4.75. The van der Waals surface area contributed by atoms with Crippen LogP contribution in [0.25, 0.3) is 6.08 Å². The van der Waals surface area contributed by atoms with Crippen molar-refractivity contribution in [3.8, 4) is 11.5 Å². The molecular weight excluding hydrogens is 430 g/mol. The number of ether oxygens (including phenoxy) is 2. The summed E-state index contributed by atoms with van der Waals surface area (Å²) in [4.78, 5) is 28.9. The summed E-state index contributed by atoms with van der Waals surface area (Å²) < 4.78 is 12.6. The van der Waals surface area contributed by atoms with Crippen molar-refractivity contribution >= 4 is 35.1 Å². The van der Waals surface area contributed by atoms with Gasteiger partial charge in [-0.25, -0.2) is 4.98 Å². The molecular formula is C24H24ClN3O4. The van der Waals surface area contributed by atoms with Crippen molar-refractivity contribution in [2.45, 2.75) is 13.3 Å². The van der Waals surface area contributed by atoms with Crippen LogP contribution in [-0.2, 0) is 11.8 Å². The van der Waals surface area contributed by atoms with E-state index in [1.807, 2.05) is 6.92 Å². The number of carbonyl (C=O) groups excluding carboxylic acids is 2. The molecule has 1 aromatic heterocycles. The number of amides is 1. The lowest BCUT2D eigenvalue weighted by molar-refractivity contribution is -0.111. The molecule has 0 saturated carbocycles. The molecule has 0 radical (unpaired) electrons. The monoisotopic (exact) mass is 453 g/mol. The maximum atomic E-state index is 12.5. The van der Waals surface area contributed by atoms with E-state index in [0.29, 0.717) is 45.8 Å². The summed E-state index contributed by atoms with van der Waals surface area (Å²) in [5, 5.41) is 3.17. The predicted molar refractivity (Wildman–Crippen MR) is 125 cm³/mol. The quantitative estimate of drug-likeness (QED) is 0.373. The third kappa shape index (κ3) is 5.56. The number of benzene rings is 2. The summed E-state index contributed by atoms with van der Waals surface area (Å²) in [6.45, 7) is 2.53. The molecule has 166 valence electrons. The second-order valence-electron chi connectivity index (χ2n) is 6.97. The van der Waals surface area contributed by atoms with Crippen molar-refractivity contribution in [2.75, 3.05) is 19.0 Å². The van der Waals surface area contributed by atoms with Crippen LogP contribution in [0.15, 0.2) is 54.9 Å². The first kappa shape index (κ1) is 23.1. The highest BCUT2D eigenvalue weighted by molar-refractivity contribution is 6.32. The van der Waals surface area contributed by atoms with Crippen molar-refractivity contribution < 1.29 is 19.1 Å². The van der Waals surface area contributed by atoms with Gasteiger partial charge in [0.25, 0.3) is 0 Å². The molecule has 0 aliphatic heterocycles. The van der Waals surface area contributed by atoms with Gasteiger partial charge in [0, 0.05) is 36.8 Å². The fraction of sp³-hybridized carbons (Fsp3) is 0.208. The smallest absolute Gasteiger partial charge is 0.248 e. The van der Waals surface area contributed by atoms with Crippen molar-refractivity contribution in [1.29, 1.82) is 0 Å². The van der Waals surface area contributed by atoms with Gasteiger partial charge in [0.05, 0.1) is 18.7 Å². The van der Waals surface area contributed by atoms with Gasteiger partial charge in [0.1, 0.15) is 0 Å². The van der Waals surface area contributed by atoms with Gasteiger partial charge in [-0.2, -0.15) is 0 Å². The van der Waals surface area contributed by atoms with Gasteiger partial charge < -0.3 is 19.4 Å². The Kier molecular flexibility index (Phi) is 7.68. The van der Waals surface area contributed by atoms with Crippen LogP contribution >= 0.6 is 11.6 Å².